The second-order valence-corrected chi connectivity index (χ2v) is 6.22. The first-order valence-electron chi connectivity index (χ1n) is 7.93. The van der Waals surface area contributed by atoms with Crippen molar-refractivity contribution in [1.29, 1.82) is 0 Å². The van der Waals surface area contributed by atoms with E-state index in [0.717, 1.165) is 35.6 Å². The van der Waals surface area contributed by atoms with Gasteiger partial charge in [0.05, 0.1) is 6.21 Å². The summed E-state index contributed by atoms with van der Waals surface area (Å²) in [5.41, 5.74) is 3.12. The van der Waals surface area contributed by atoms with Crippen LogP contribution in [0.1, 0.15) is 30.1 Å². The molecule has 4 rings (SSSR count). The molecule has 0 unspecified atom stereocenters. The maximum Gasteiger partial charge on any atom is 0.216 e. The summed E-state index contributed by atoms with van der Waals surface area (Å²) in [6.45, 7) is 0. The van der Waals surface area contributed by atoms with Gasteiger partial charge in [-0.15, -0.1) is 0 Å². The van der Waals surface area contributed by atoms with E-state index in [4.69, 9.17) is 12.2 Å². The zero-order valence-corrected chi connectivity index (χ0v) is 13.8. The quantitative estimate of drug-likeness (QED) is 0.535. The maximum absolute atomic E-state index is 5.25. The smallest absolute Gasteiger partial charge is 0.216 e. The summed E-state index contributed by atoms with van der Waals surface area (Å²) in [4.78, 5) is 0. The number of aromatic amines is 1. The molecule has 0 bridgehead atoms. The van der Waals surface area contributed by atoms with Crippen LogP contribution in [0.2, 0.25) is 0 Å². The van der Waals surface area contributed by atoms with Gasteiger partial charge in [0.25, 0.3) is 0 Å². The Morgan fingerprint density at radius 2 is 1.79 bits per heavy atom. The minimum Gasteiger partial charge on any atom is -0.356 e. The SMILES string of the molecule is S=c1[nH]nc(C2CC2)n1/N=C\c1ccc(Nc2ccccc2)cc1. The van der Waals surface area contributed by atoms with Gasteiger partial charge in [-0.2, -0.15) is 14.9 Å². The summed E-state index contributed by atoms with van der Waals surface area (Å²) < 4.78 is 2.26. The van der Waals surface area contributed by atoms with E-state index in [1.807, 2.05) is 60.8 Å². The molecule has 0 aliphatic heterocycles. The van der Waals surface area contributed by atoms with Gasteiger partial charge in [0.2, 0.25) is 4.77 Å². The number of rotatable bonds is 5. The van der Waals surface area contributed by atoms with Gasteiger partial charge in [0, 0.05) is 17.3 Å². The molecule has 0 radical (unpaired) electrons. The minimum absolute atomic E-state index is 0.493. The van der Waals surface area contributed by atoms with E-state index in [1.165, 1.54) is 0 Å². The zero-order chi connectivity index (χ0) is 16.4. The van der Waals surface area contributed by atoms with Gasteiger partial charge in [-0.05, 0) is 54.9 Å². The van der Waals surface area contributed by atoms with Gasteiger partial charge in [-0.3, -0.25) is 5.10 Å². The molecule has 24 heavy (non-hydrogen) atoms. The second-order valence-electron chi connectivity index (χ2n) is 5.83. The summed E-state index contributed by atoms with van der Waals surface area (Å²) in [5, 5.41) is 14.9. The highest BCUT2D eigenvalue weighted by atomic mass is 32.1. The molecular formula is C18H17N5S. The fourth-order valence-corrected chi connectivity index (χ4v) is 2.67. The monoisotopic (exact) mass is 335 g/mol. The first-order chi connectivity index (χ1) is 11.8. The molecule has 0 saturated heterocycles. The number of H-pyrrole nitrogens is 1. The Morgan fingerprint density at radius 3 is 2.50 bits per heavy atom. The molecule has 6 heteroatoms. The van der Waals surface area contributed by atoms with Crippen LogP contribution in [-0.2, 0) is 0 Å². The third-order valence-corrected chi connectivity index (χ3v) is 4.18. The Labute approximate surface area is 145 Å². The molecule has 0 atom stereocenters. The highest BCUT2D eigenvalue weighted by molar-refractivity contribution is 7.71. The van der Waals surface area contributed by atoms with E-state index in [2.05, 4.69) is 20.6 Å². The lowest BCUT2D eigenvalue weighted by molar-refractivity contribution is 0.773. The summed E-state index contributed by atoms with van der Waals surface area (Å²) in [6.07, 6.45) is 4.13. The van der Waals surface area contributed by atoms with Gasteiger partial charge in [0.1, 0.15) is 0 Å². The van der Waals surface area contributed by atoms with Crippen LogP contribution in [0.3, 0.4) is 0 Å². The lowest BCUT2D eigenvalue weighted by Crippen LogP contribution is -1.97. The molecule has 1 fully saturated rings. The largest absolute Gasteiger partial charge is 0.356 e. The molecular weight excluding hydrogens is 318 g/mol. The molecule has 120 valence electrons. The number of nitrogens with zero attached hydrogens (tertiary/aromatic N) is 3. The Morgan fingerprint density at radius 1 is 1.08 bits per heavy atom. The number of hydrogen-bond donors (Lipinski definition) is 2. The molecule has 1 saturated carbocycles. The topological polar surface area (TPSA) is 58.0 Å². The van der Waals surface area contributed by atoms with Crippen molar-refractivity contribution in [3.05, 3.63) is 70.8 Å². The number of para-hydroxylation sites is 1. The Kier molecular flexibility index (Phi) is 3.96. The van der Waals surface area contributed by atoms with E-state index < -0.39 is 0 Å². The van der Waals surface area contributed by atoms with Crippen molar-refractivity contribution >= 4 is 29.8 Å². The Hall–Kier alpha value is -2.73. The van der Waals surface area contributed by atoms with Crippen LogP contribution in [0.25, 0.3) is 0 Å². The lowest BCUT2D eigenvalue weighted by Gasteiger charge is -2.06. The molecule has 1 heterocycles. The van der Waals surface area contributed by atoms with Gasteiger partial charge in [-0.25, -0.2) is 0 Å². The standard InChI is InChI=1S/C18H17N5S/c24-18-22-21-17(14-8-9-14)23(18)19-12-13-6-10-16(11-7-13)20-15-4-2-1-3-5-15/h1-7,10-12,14,20H,8-9H2,(H,22,24)/b19-12-. The first kappa shape index (κ1) is 14.8. The van der Waals surface area contributed by atoms with E-state index in [0.29, 0.717) is 10.7 Å². The highest BCUT2D eigenvalue weighted by Gasteiger charge is 2.29. The van der Waals surface area contributed by atoms with E-state index >= 15 is 0 Å². The van der Waals surface area contributed by atoms with Crippen molar-refractivity contribution in [2.24, 2.45) is 5.10 Å². The van der Waals surface area contributed by atoms with Crippen LogP contribution in [0.15, 0.2) is 59.7 Å². The van der Waals surface area contributed by atoms with Crippen molar-refractivity contribution in [2.45, 2.75) is 18.8 Å². The van der Waals surface area contributed by atoms with Crippen LogP contribution >= 0.6 is 12.2 Å². The van der Waals surface area contributed by atoms with Crippen molar-refractivity contribution in [3.63, 3.8) is 0 Å². The molecule has 3 aromatic rings. The lowest BCUT2D eigenvalue weighted by atomic mass is 10.2. The highest BCUT2D eigenvalue weighted by Crippen LogP contribution is 2.38. The second kappa shape index (κ2) is 6.41. The van der Waals surface area contributed by atoms with E-state index in [9.17, 15) is 0 Å². The van der Waals surface area contributed by atoms with Crippen LogP contribution in [0.4, 0.5) is 11.4 Å². The molecule has 5 nitrogen and oxygen atoms in total. The number of anilines is 2. The third kappa shape index (κ3) is 3.28. The molecule has 2 N–H and O–H groups in total. The molecule has 1 aliphatic carbocycles. The molecule has 0 amide bonds. The number of aromatic nitrogens is 3. The van der Waals surface area contributed by atoms with Crippen molar-refractivity contribution < 1.29 is 0 Å². The molecule has 0 spiro atoms. The van der Waals surface area contributed by atoms with Gasteiger partial charge in [0.15, 0.2) is 5.82 Å². The van der Waals surface area contributed by atoms with Crippen LogP contribution < -0.4 is 5.32 Å². The van der Waals surface area contributed by atoms with Gasteiger partial charge in [-0.1, -0.05) is 30.3 Å². The maximum atomic E-state index is 5.25. The number of nitrogens with one attached hydrogen (secondary N) is 2. The predicted molar refractivity (Wildman–Crippen MR) is 98.5 cm³/mol. The normalized spacial score (nSPS) is 14.2. The summed E-state index contributed by atoms with van der Waals surface area (Å²) in [7, 11) is 0. The molecule has 2 aromatic carbocycles. The van der Waals surface area contributed by atoms with Crippen LogP contribution in [-0.4, -0.2) is 21.1 Å². The van der Waals surface area contributed by atoms with Crippen LogP contribution in [0, 0.1) is 4.77 Å². The zero-order valence-electron chi connectivity index (χ0n) is 13.0. The van der Waals surface area contributed by atoms with E-state index in [1.54, 1.807) is 4.68 Å². The fourth-order valence-electron chi connectivity index (χ4n) is 2.49. The average Bonchev–Trinajstić information content (AvgIpc) is 3.39. The molecule has 1 aromatic heterocycles. The third-order valence-electron chi connectivity index (χ3n) is 3.91. The van der Waals surface area contributed by atoms with E-state index in [-0.39, 0.29) is 0 Å². The Bertz CT molecular complexity index is 905. The summed E-state index contributed by atoms with van der Waals surface area (Å²) in [5.74, 6) is 1.42. The predicted octanol–water partition coefficient (Wildman–Crippen LogP) is 4.44. The fraction of sp³-hybridized carbons (Fsp3) is 0.167. The summed E-state index contributed by atoms with van der Waals surface area (Å²) >= 11 is 5.25. The van der Waals surface area contributed by atoms with Crippen molar-refractivity contribution in [3.8, 4) is 0 Å². The summed E-state index contributed by atoms with van der Waals surface area (Å²) in [6, 6.07) is 18.2. The van der Waals surface area contributed by atoms with Gasteiger partial charge >= 0.3 is 0 Å². The minimum atomic E-state index is 0.493. The number of hydrogen-bond acceptors (Lipinski definition) is 4. The van der Waals surface area contributed by atoms with Crippen molar-refractivity contribution in [1.82, 2.24) is 14.9 Å². The van der Waals surface area contributed by atoms with Crippen LogP contribution in [0.5, 0.6) is 0 Å². The van der Waals surface area contributed by atoms with Crippen molar-refractivity contribution in [2.75, 3.05) is 5.32 Å². The average molecular weight is 335 g/mol. The van der Waals surface area contributed by atoms with Gasteiger partial charge < -0.3 is 5.32 Å². The molecule has 1 aliphatic rings. The first-order valence-corrected chi connectivity index (χ1v) is 8.34. The number of benzene rings is 2. The Balaban J connectivity index is 1.49.